The van der Waals surface area contributed by atoms with Gasteiger partial charge < -0.3 is 20.4 Å². The predicted octanol–water partition coefficient (Wildman–Crippen LogP) is 3.47. The maximum Gasteiger partial charge on any atom is 0.255 e. The van der Waals surface area contributed by atoms with Gasteiger partial charge in [0, 0.05) is 40.0 Å². The van der Waals surface area contributed by atoms with Crippen molar-refractivity contribution in [2.24, 2.45) is 11.8 Å². The number of amides is 4. The van der Waals surface area contributed by atoms with Gasteiger partial charge in [0.25, 0.3) is 11.8 Å². The van der Waals surface area contributed by atoms with Gasteiger partial charge in [0.05, 0.1) is 22.5 Å². The third kappa shape index (κ3) is 5.81. The monoisotopic (exact) mass is 464 g/mol. The van der Waals surface area contributed by atoms with Crippen molar-refractivity contribution in [1.29, 1.82) is 0 Å². The van der Waals surface area contributed by atoms with Crippen molar-refractivity contribution in [3.63, 3.8) is 0 Å². The first kappa shape index (κ1) is 25.0. The topological polar surface area (TPSA) is 98.8 Å². The van der Waals surface area contributed by atoms with Crippen LogP contribution in [-0.4, -0.2) is 61.6 Å². The standard InChI is InChI=1S/C26H32N4O4/c1-29(2)25(33)19-9-5-7-11-21(19)27-23(31)17-13-15-18(16-14-17)24(32)28-22-12-8-6-10-20(22)26(34)30(3)4/h5-12,17-18H,13-16H2,1-4H3,(H,27,31)(H,28,32). The minimum absolute atomic E-state index is 0.139. The molecule has 1 aliphatic carbocycles. The summed E-state index contributed by atoms with van der Waals surface area (Å²) in [6.45, 7) is 0. The number of carbonyl (C=O) groups is 4. The lowest BCUT2D eigenvalue weighted by atomic mass is 9.81. The number of hydrogen-bond acceptors (Lipinski definition) is 4. The van der Waals surface area contributed by atoms with Gasteiger partial charge in [-0.1, -0.05) is 24.3 Å². The van der Waals surface area contributed by atoms with Gasteiger partial charge in [-0.2, -0.15) is 0 Å². The molecule has 3 rings (SSSR count). The number of nitrogens with one attached hydrogen (secondary N) is 2. The summed E-state index contributed by atoms with van der Waals surface area (Å²) in [7, 11) is 6.67. The Morgan fingerprint density at radius 1 is 0.618 bits per heavy atom. The third-order valence-corrected chi connectivity index (χ3v) is 6.11. The number of hydrogen-bond donors (Lipinski definition) is 2. The first-order valence-corrected chi connectivity index (χ1v) is 11.4. The van der Waals surface area contributed by atoms with Crippen molar-refractivity contribution in [2.75, 3.05) is 38.8 Å². The van der Waals surface area contributed by atoms with Crippen LogP contribution in [0.3, 0.4) is 0 Å². The van der Waals surface area contributed by atoms with Crippen molar-refractivity contribution in [3.05, 3.63) is 59.7 Å². The van der Waals surface area contributed by atoms with Gasteiger partial charge >= 0.3 is 0 Å². The lowest BCUT2D eigenvalue weighted by Crippen LogP contribution is -2.33. The molecular formula is C26H32N4O4. The normalized spacial score (nSPS) is 17.4. The highest BCUT2D eigenvalue weighted by Crippen LogP contribution is 2.31. The fourth-order valence-corrected chi connectivity index (χ4v) is 4.13. The Morgan fingerprint density at radius 2 is 0.941 bits per heavy atom. The summed E-state index contributed by atoms with van der Waals surface area (Å²) >= 11 is 0. The van der Waals surface area contributed by atoms with Gasteiger partial charge in [-0.05, 0) is 49.9 Å². The van der Waals surface area contributed by atoms with E-state index in [1.807, 2.05) is 0 Å². The smallest absolute Gasteiger partial charge is 0.255 e. The van der Waals surface area contributed by atoms with Crippen molar-refractivity contribution in [3.8, 4) is 0 Å². The molecule has 1 aliphatic rings. The molecule has 0 aliphatic heterocycles. The van der Waals surface area contributed by atoms with Gasteiger partial charge in [0.1, 0.15) is 0 Å². The van der Waals surface area contributed by atoms with Crippen molar-refractivity contribution in [1.82, 2.24) is 9.80 Å². The molecule has 0 saturated heterocycles. The Balaban J connectivity index is 1.59. The Morgan fingerprint density at radius 3 is 1.26 bits per heavy atom. The summed E-state index contributed by atoms with van der Waals surface area (Å²) in [4.78, 5) is 53.5. The van der Waals surface area contributed by atoms with E-state index in [-0.39, 0.29) is 35.5 Å². The van der Waals surface area contributed by atoms with Crippen LogP contribution in [0.15, 0.2) is 48.5 Å². The lowest BCUT2D eigenvalue weighted by molar-refractivity contribution is -0.125. The first-order valence-electron chi connectivity index (χ1n) is 11.4. The quantitative estimate of drug-likeness (QED) is 0.684. The molecule has 0 radical (unpaired) electrons. The van der Waals surface area contributed by atoms with Crippen molar-refractivity contribution >= 4 is 35.0 Å². The van der Waals surface area contributed by atoms with E-state index in [0.717, 1.165) is 0 Å². The zero-order valence-electron chi connectivity index (χ0n) is 20.1. The summed E-state index contributed by atoms with van der Waals surface area (Å²) in [5.41, 5.74) is 1.88. The van der Waals surface area contributed by atoms with Gasteiger partial charge in [-0.25, -0.2) is 0 Å². The molecule has 8 nitrogen and oxygen atoms in total. The first-order chi connectivity index (χ1) is 16.2. The molecule has 0 spiro atoms. The highest BCUT2D eigenvalue weighted by Gasteiger charge is 2.31. The molecule has 8 heteroatoms. The molecule has 2 aromatic carbocycles. The van der Waals surface area contributed by atoms with Crippen LogP contribution in [0, 0.1) is 11.8 Å². The molecule has 0 atom stereocenters. The molecule has 0 bridgehead atoms. The Labute approximate surface area is 200 Å². The largest absolute Gasteiger partial charge is 0.345 e. The molecule has 0 unspecified atom stereocenters. The Bertz CT molecular complexity index is 986. The minimum atomic E-state index is -0.228. The zero-order valence-corrected chi connectivity index (χ0v) is 20.1. The molecule has 4 amide bonds. The van der Waals surface area contributed by atoms with E-state index in [0.29, 0.717) is 48.2 Å². The fraction of sp³-hybridized carbons (Fsp3) is 0.385. The summed E-state index contributed by atoms with van der Waals surface area (Å²) in [6.07, 6.45) is 2.30. The average molecular weight is 465 g/mol. The average Bonchev–Trinajstić information content (AvgIpc) is 2.83. The molecule has 0 aromatic heterocycles. The van der Waals surface area contributed by atoms with Crippen LogP contribution in [0.2, 0.25) is 0 Å². The Kier molecular flexibility index (Phi) is 8.04. The summed E-state index contributed by atoms with van der Waals surface area (Å²) < 4.78 is 0. The molecule has 1 saturated carbocycles. The van der Waals surface area contributed by atoms with E-state index in [2.05, 4.69) is 10.6 Å². The van der Waals surface area contributed by atoms with Gasteiger partial charge in [0.2, 0.25) is 11.8 Å². The van der Waals surface area contributed by atoms with Crippen LogP contribution >= 0.6 is 0 Å². The summed E-state index contributed by atoms with van der Waals surface area (Å²) in [5.74, 6) is -1.09. The molecule has 2 N–H and O–H groups in total. The van der Waals surface area contributed by atoms with E-state index in [9.17, 15) is 19.2 Å². The van der Waals surface area contributed by atoms with Crippen LogP contribution in [0.1, 0.15) is 46.4 Å². The second kappa shape index (κ2) is 11.0. The molecule has 1 fully saturated rings. The number of rotatable bonds is 6. The Hall–Kier alpha value is -3.68. The van der Waals surface area contributed by atoms with Crippen molar-refractivity contribution in [2.45, 2.75) is 25.7 Å². The van der Waals surface area contributed by atoms with Crippen LogP contribution in [0.25, 0.3) is 0 Å². The van der Waals surface area contributed by atoms with E-state index in [1.165, 1.54) is 9.80 Å². The van der Waals surface area contributed by atoms with Crippen LogP contribution in [0.5, 0.6) is 0 Å². The highest BCUT2D eigenvalue weighted by molar-refractivity contribution is 6.05. The molecule has 2 aromatic rings. The van der Waals surface area contributed by atoms with E-state index >= 15 is 0 Å². The fourth-order valence-electron chi connectivity index (χ4n) is 4.13. The van der Waals surface area contributed by atoms with E-state index < -0.39 is 0 Å². The number of benzene rings is 2. The third-order valence-electron chi connectivity index (χ3n) is 6.11. The van der Waals surface area contributed by atoms with Crippen LogP contribution in [-0.2, 0) is 9.59 Å². The van der Waals surface area contributed by atoms with E-state index in [1.54, 1.807) is 76.7 Å². The van der Waals surface area contributed by atoms with Crippen molar-refractivity contribution < 1.29 is 19.2 Å². The van der Waals surface area contributed by atoms with Gasteiger partial charge in [-0.3, -0.25) is 19.2 Å². The zero-order chi connectivity index (χ0) is 24.8. The van der Waals surface area contributed by atoms with Gasteiger partial charge in [0.15, 0.2) is 0 Å². The van der Waals surface area contributed by atoms with E-state index in [4.69, 9.17) is 0 Å². The summed E-state index contributed by atoms with van der Waals surface area (Å²) in [6, 6.07) is 13.9. The van der Waals surface area contributed by atoms with Crippen LogP contribution < -0.4 is 10.6 Å². The SMILES string of the molecule is CN(C)C(=O)c1ccccc1NC(=O)C1CCC(C(=O)Nc2ccccc2C(=O)N(C)C)CC1. The number of anilines is 2. The highest BCUT2D eigenvalue weighted by atomic mass is 16.2. The second-order valence-corrected chi connectivity index (χ2v) is 9.02. The molecular weight excluding hydrogens is 432 g/mol. The maximum absolute atomic E-state index is 12.9. The predicted molar refractivity (Wildman–Crippen MR) is 132 cm³/mol. The number of nitrogens with zero attached hydrogens (tertiary/aromatic N) is 2. The lowest BCUT2D eigenvalue weighted by Gasteiger charge is -2.27. The summed E-state index contributed by atoms with van der Waals surface area (Å²) in [5, 5.41) is 5.80. The molecule has 180 valence electrons. The number of carbonyl (C=O) groups excluding carboxylic acids is 4. The minimum Gasteiger partial charge on any atom is -0.345 e. The molecule has 0 heterocycles. The van der Waals surface area contributed by atoms with Crippen LogP contribution in [0.4, 0.5) is 11.4 Å². The maximum atomic E-state index is 12.9. The van der Waals surface area contributed by atoms with Gasteiger partial charge in [-0.15, -0.1) is 0 Å². The molecule has 34 heavy (non-hydrogen) atoms. The second-order valence-electron chi connectivity index (χ2n) is 9.02. The number of para-hydroxylation sites is 2.